The number of rotatable bonds is 5. The molecule has 0 aliphatic heterocycles. The Morgan fingerprint density at radius 2 is 2.07 bits per heavy atom. The quantitative estimate of drug-likeness (QED) is 0.693. The lowest BCUT2D eigenvalue weighted by Crippen LogP contribution is -2.39. The maximum atomic E-state index is 12.9. The number of nitrogens with two attached hydrogens (primary N) is 1. The zero-order chi connectivity index (χ0) is 19.7. The molecule has 0 radical (unpaired) electrons. The molecule has 2 aromatic heterocycles. The van der Waals surface area contributed by atoms with Crippen LogP contribution in [0.25, 0.3) is 5.65 Å². The molecule has 144 valence electrons. The number of nitrogens with one attached hydrogen (secondary N) is 1. The summed E-state index contributed by atoms with van der Waals surface area (Å²) >= 11 is 0. The summed E-state index contributed by atoms with van der Waals surface area (Å²) in [5, 5.41) is 7.42. The lowest BCUT2D eigenvalue weighted by Gasteiger charge is -2.25. The van der Waals surface area contributed by atoms with Crippen molar-refractivity contribution < 1.29 is 14.3 Å². The zero-order valence-electron chi connectivity index (χ0n) is 15.5. The average molecular weight is 379 g/mol. The van der Waals surface area contributed by atoms with Crippen molar-refractivity contribution in [2.75, 3.05) is 7.11 Å². The first-order valence-electron chi connectivity index (χ1n) is 9.11. The van der Waals surface area contributed by atoms with Gasteiger partial charge in [0, 0.05) is 19.3 Å². The summed E-state index contributed by atoms with van der Waals surface area (Å²) < 4.78 is 6.45. The topological polar surface area (TPSA) is 112 Å². The largest absolute Gasteiger partial charge is 0.378 e. The Morgan fingerprint density at radius 3 is 2.82 bits per heavy atom. The molecule has 3 N–H and O–H groups in total. The van der Waals surface area contributed by atoms with E-state index < -0.39 is 5.91 Å². The van der Waals surface area contributed by atoms with Crippen LogP contribution in [0.1, 0.15) is 44.1 Å². The molecule has 8 heteroatoms. The second kappa shape index (κ2) is 7.40. The summed E-state index contributed by atoms with van der Waals surface area (Å²) in [7, 11) is 1.50. The first kappa shape index (κ1) is 18.1. The van der Waals surface area contributed by atoms with Gasteiger partial charge in [-0.15, -0.1) is 0 Å². The van der Waals surface area contributed by atoms with E-state index in [1.165, 1.54) is 28.9 Å². The van der Waals surface area contributed by atoms with E-state index in [2.05, 4.69) is 27.5 Å². The number of carbonyl (C=O) groups is 2. The summed E-state index contributed by atoms with van der Waals surface area (Å²) in [5.74, 6) is -0.921. The van der Waals surface area contributed by atoms with Gasteiger partial charge in [0.25, 0.3) is 11.8 Å². The van der Waals surface area contributed by atoms with Crippen LogP contribution < -0.4 is 11.1 Å². The summed E-state index contributed by atoms with van der Waals surface area (Å²) in [6.45, 7) is 0.0993. The van der Waals surface area contributed by atoms with Crippen molar-refractivity contribution in [3.8, 4) is 0 Å². The Bertz CT molecular complexity index is 1060. The predicted molar refractivity (Wildman–Crippen MR) is 102 cm³/mol. The van der Waals surface area contributed by atoms with Crippen molar-refractivity contribution in [1.82, 2.24) is 19.9 Å². The van der Waals surface area contributed by atoms with Gasteiger partial charge in [0.2, 0.25) is 0 Å². The highest BCUT2D eigenvalue weighted by atomic mass is 16.5. The number of nitrogens with zero attached hydrogens (tertiary/aromatic N) is 3. The normalized spacial score (nSPS) is 16.0. The van der Waals surface area contributed by atoms with E-state index in [1.54, 1.807) is 6.07 Å². The molecule has 0 bridgehead atoms. The van der Waals surface area contributed by atoms with Gasteiger partial charge in [-0.3, -0.25) is 9.59 Å². The van der Waals surface area contributed by atoms with E-state index >= 15 is 0 Å². The van der Waals surface area contributed by atoms with E-state index in [-0.39, 0.29) is 29.8 Å². The van der Waals surface area contributed by atoms with Crippen LogP contribution in [-0.4, -0.2) is 39.6 Å². The fourth-order valence-corrected chi connectivity index (χ4v) is 3.73. The summed E-state index contributed by atoms with van der Waals surface area (Å²) in [5.41, 5.74) is 9.16. The van der Waals surface area contributed by atoms with Gasteiger partial charge in [-0.1, -0.05) is 24.3 Å². The van der Waals surface area contributed by atoms with Crippen LogP contribution in [-0.2, 0) is 24.2 Å². The molecule has 0 saturated carbocycles. The Kier molecular flexibility index (Phi) is 4.79. The van der Waals surface area contributed by atoms with E-state index in [4.69, 9.17) is 10.5 Å². The molecule has 0 saturated heterocycles. The Hall–Kier alpha value is -3.26. The molecule has 1 aromatic carbocycles. The van der Waals surface area contributed by atoms with Crippen molar-refractivity contribution in [1.29, 1.82) is 0 Å². The maximum absolute atomic E-state index is 12.9. The van der Waals surface area contributed by atoms with Crippen LogP contribution in [0.3, 0.4) is 0 Å². The number of aryl methyl sites for hydroxylation is 1. The number of hydrogen-bond acceptors (Lipinski definition) is 5. The fraction of sp³-hybridized carbons (Fsp3) is 0.300. The highest BCUT2D eigenvalue weighted by Gasteiger charge is 2.25. The second-order valence-electron chi connectivity index (χ2n) is 6.87. The number of fused-ring (bicyclic) bond motifs is 2. The summed E-state index contributed by atoms with van der Waals surface area (Å²) in [6.07, 6.45) is 4.07. The molecule has 0 spiro atoms. The Morgan fingerprint density at radius 1 is 1.29 bits per heavy atom. The number of methoxy groups -OCH3 is 1. The minimum atomic E-state index is -0.656. The van der Waals surface area contributed by atoms with Crippen LogP contribution in [0.4, 0.5) is 0 Å². The van der Waals surface area contributed by atoms with E-state index in [9.17, 15) is 9.59 Å². The number of hydrogen-bond donors (Lipinski definition) is 2. The third-order valence-corrected chi connectivity index (χ3v) is 5.03. The van der Waals surface area contributed by atoms with Gasteiger partial charge in [-0.05, 0) is 36.5 Å². The van der Waals surface area contributed by atoms with Crippen LogP contribution in [0.15, 0.2) is 36.5 Å². The first-order valence-corrected chi connectivity index (χ1v) is 9.11. The van der Waals surface area contributed by atoms with Gasteiger partial charge in [0.1, 0.15) is 17.0 Å². The van der Waals surface area contributed by atoms with Gasteiger partial charge in [0.15, 0.2) is 5.65 Å². The first-order chi connectivity index (χ1) is 13.6. The van der Waals surface area contributed by atoms with Crippen LogP contribution in [0.5, 0.6) is 0 Å². The third-order valence-electron chi connectivity index (χ3n) is 5.03. The van der Waals surface area contributed by atoms with Gasteiger partial charge in [-0.25, -0.2) is 9.50 Å². The standard InChI is InChI=1S/C20H21N5O3/c1-28-11-15-17(18(21)26)19-22-9-8-16(25(19)24-15)20(27)23-14-7-6-12-4-2-3-5-13(12)10-14/h2-5,8-9,14H,6-7,10-11H2,1H3,(H2,21,26)(H,23,27)/t14-/m0/s1. The smallest absolute Gasteiger partial charge is 0.270 e. The highest BCUT2D eigenvalue weighted by Crippen LogP contribution is 2.22. The highest BCUT2D eigenvalue weighted by molar-refractivity contribution is 6.01. The van der Waals surface area contributed by atoms with Crippen molar-refractivity contribution in [3.05, 3.63) is 64.6 Å². The van der Waals surface area contributed by atoms with E-state index in [1.807, 2.05) is 12.1 Å². The Balaban J connectivity index is 1.63. The predicted octanol–water partition coefficient (Wildman–Crippen LogP) is 1.26. The number of benzene rings is 1. The molecule has 0 fully saturated rings. The molecule has 4 rings (SSSR count). The molecule has 28 heavy (non-hydrogen) atoms. The molecule has 0 unspecified atom stereocenters. The molecular formula is C20H21N5O3. The fourth-order valence-electron chi connectivity index (χ4n) is 3.73. The Labute approximate surface area is 161 Å². The van der Waals surface area contributed by atoms with Crippen molar-refractivity contribution in [2.24, 2.45) is 5.73 Å². The lowest BCUT2D eigenvalue weighted by molar-refractivity contribution is 0.0924. The molecule has 1 atom stereocenters. The van der Waals surface area contributed by atoms with Gasteiger partial charge < -0.3 is 15.8 Å². The number of aromatic nitrogens is 3. The second-order valence-corrected chi connectivity index (χ2v) is 6.87. The van der Waals surface area contributed by atoms with Crippen LogP contribution in [0.2, 0.25) is 0 Å². The minimum absolute atomic E-state index is 0.0373. The summed E-state index contributed by atoms with van der Waals surface area (Å²) in [6, 6.07) is 9.90. The molecule has 8 nitrogen and oxygen atoms in total. The number of amides is 2. The third kappa shape index (κ3) is 3.22. The van der Waals surface area contributed by atoms with Gasteiger partial charge in [-0.2, -0.15) is 5.10 Å². The van der Waals surface area contributed by atoms with Gasteiger partial charge >= 0.3 is 0 Å². The van der Waals surface area contributed by atoms with Crippen LogP contribution >= 0.6 is 0 Å². The molecular weight excluding hydrogens is 358 g/mol. The summed E-state index contributed by atoms with van der Waals surface area (Å²) in [4.78, 5) is 29.0. The van der Waals surface area contributed by atoms with Crippen molar-refractivity contribution in [2.45, 2.75) is 31.9 Å². The average Bonchev–Trinajstić information content (AvgIpc) is 3.06. The molecule has 3 aromatic rings. The van der Waals surface area contributed by atoms with Gasteiger partial charge in [0.05, 0.1) is 6.61 Å². The van der Waals surface area contributed by atoms with Crippen molar-refractivity contribution in [3.63, 3.8) is 0 Å². The molecule has 2 amide bonds. The number of primary amides is 1. The minimum Gasteiger partial charge on any atom is -0.378 e. The SMILES string of the molecule is COCc1nn2c(C(=O)N[C@H]3CCc4ccccc4C3)ccnc2c1C(N)=O. The van der Waals surface area contributed by atoms with Crippen LogP contribution in [0, 0.1) is 0 Å². The number of carbonyl (C=O) groups excluding carboxylic acids is 2. The zero-order valence-corrected chi connectivity index (χ0v) is 15.5. The van der Waals surface area contributed by atoms with E-state index in [0.717, 1.165) is 19.3 Å². The number of ether oxygens (including phenoxy) is 1. The molecule has 1 aliphatic rings. The lowest BCUT2D eigenvalue weighted by atomic mass is 9.88. The van der Waals surface area contributed by atoms with E-state index in [0.29, 0.717) is 11.4 Å². The monoisotopic (exact) mass is 379 g/mol. The maximum Gasteiger partial charge on any atom is 0.270 e. The van der Waals surface area contributed by atoms with Crippen molar-refractivity contribution >= 4 is 17.5 Å². The molecule has 2 heterocycles. The molecule has 1 aliphatic carbocycles.